The first kappa shape index (κ1) is 20.7. The molecule has 2 N–H and O–H groups in total. The third-order valence-corrected chi connectivity index (χ3v) is 5.27. The molecule has 1 aliphatic heterocycles. The quantitative estimate of drug-likeness (QED) is 0.655. The number of hydrogen-bond acceptors (Lipinski definition) is 7. The van der Waals surface area contributed by atoms with E-state index in [4.69, 9.17) is 20.2 Å². The van der Waals surface area contributed by atoms with Gasteiger partial charge in [0.2, 0.25) is 11.9 Å². The number of morpholine rings is 1. The van der Waals surface area contributed by atoms with E-state index in [0.717, 1.165) is 28.3 Å². The highest BCUT2D eigenvalue weighted by atomic mass is 16.5. The van der Waals surface area contributed by atoms with Gasteiger partial charge in [0.05, 0.1) is 31.6 Å². The van der Waals surface area contributed by atoms with Crippen LogP contribution in [0.4, 0.5) is 5.95 Å². The molecule has 0 bridgehead atoms. The van der Waals surface area contributed by atoms with Crippen molar-refractivity contribution in [3.8, 4) is 17.0 Å². The predicted molar refractivity (Wildman–Crippen MR) is 116 cm³/mol. The highest BCUT2D eigenvalue weighted by molar-refractivity contribution is 5.76. The minimum absolute atomic E-state index is 0.118. The highest BCUT2D eigenvalue weighted by Gasteiger charge is 2.26. The fourth-order valence-corrected chi connectivity index (χ4v) is 3.52. The van der Waals surface area contributed by atoms with E-state index in [1.165, 1.54) is 0 Å². The second-order valence-electron chi connectivity index (χ2n) is 7.32. The second kappa shape index (κ2) is 9.53. The minimum Gasteiger partial charge on any atom is -0.497 e. The maximum Gasteiger partial charge on any atom is 0.223 e. The molecule has 1 aliphatic rings. The van der Waals surface area contributed by atoms with Crippen LogP contribution in [-0.2, 0) is 16.0 Å². The average molecular weight is 419 g/mol. The van der Waals surface area contributed by atoms with Gasteiger partial charge in [-0.3, -0.25) is 4.79 Å². The number of nitrogens with zero attached hydrogens (tertiary/aromatic N) is 4. The number of anilines is 1. The third kappa shape index (κ3) is 5.16. The summed E-state index contributed by atoms with van der Waals surface area (Å²) in [4.78, 5) is 27.4. The van der Waals surface area contributed by atoms with Gasteiger partial charge in [0, 0.05) is 30.9 Å². The summed E-state index contributed by atoms with van der Waals surface area (Å²) in [5, 5.41) is 0. The first-order valence-electron chi connectivity index (χ1n) is 10.2. The number of pyridine rings is 1. The standard InChI is InChI=1S/C23H25N5O3/c1-30-18-8-5-16(6-9-18)7-10-22(29)28-11-12-31-21(15-28)20-4-2-3-19(27-20)17-13-25-23(24)26-14-17/h2-6,8-9,13-14,21H,7,10-12,15H2,1H3,(H2,24,25,26). The number of amides is 1. The van der Waals surface area contributed by atoms with Crippen LogP contribution < -0.4 is 10.5 Å². The van der Waals surface area contributed by atoms with Gasteiger partial charge in [-0.25, -0.2) is 15.0 Å². The molecule has 1 atom stereocenters. The molecule has 1 amide bonds. The van der Waals surface area contributed by atoms with E-state index < -0.39 is 0 Å². The van der Waals surface area contributed by atoms with E-state index in [1.807, 2.05) is 47.4 Å². The predicted octanol–water partition coefficient (Wildman–Crippen LogP) is 2.66. The molecule has 0 aliphatic carbocycles. The van der Waals surface area contributed by atoms with Gasteiger partial charge >= 0.3 is 0 Å². The number of benzene rings is 1. The van der Waals surface area contributed by atoms with Crippen molar-refractivity contribution >= 4 is 11.9 Å². The second-order valence-corrected chi connectivity index (χ2v) is 7.32. The number of ether oxygens (including phenoxy) is 2. The largest absolute Gasteiger partial charge is 0.497 e. The van der Waals surface area contributed by atoms with Crippen LogP contribution in [0.25, 0.3) is 11.3 Å². The molecule has 160 valence electrons. The van der Waals surface area contributed by atoms with Crippen molar-refractivity contribution in [2.24, 2.45) is 0 Å². The summed E-state index contributed by atoms with van der Waals surface area (Å²) in [6.45, 7) is 1.55. The van der Waals surface area contributed by atoms with E-state index in [2.05, 4.69) is 9.97 Å². The molecule has 0 radical (unpaired) electrons. The van der Waals surface area contributed by atoms with Gasteiger partial charge in [-0.15, -0.1) is 0 Å². The van der Waals surface area contributed by atoms with Gasteiger partial charge < -0.3 is 20.1 Å². The van der Waals surface area contributed by atoms with Gasteiger partial charge in [-0.2, -0.15) is 0 Å². The molecule has 0 spiro atoms. The maximum atomic E-state index is 12.8. The number of nitrogen functional groups attached to an aromatic ring is 1. The lowest BCUT2D eigenvalue weighted by atomic mass is 10.1. The molecule has 1 aromatic carbocycles. The highest BCUT2D eigenvalue weighted by Crippen LogP contribution is 2.24. The Bertz CT molecular complexity index is 1020. The number of rotatable bonds is 6. The number of aromatic nitrogens is 3. The van der Waals surface area contributed by atoms with Gasteiger partial charge in [0.1, 0.15) is 11.9 Å². The molecule has 8 heteroatoms. The van der Waals surface area contributed by atoms with Crippen LogP contribution >= 0.6 is 0 Å². The van der Waals surface area contributed by atoms with Crippen LogP contribution in [-0.4, -0.2) is 52.6 Å². The zero-order valence-electron chi connectivity index (χ0n) is 17.4. The number of carbonyl (C=O) groups excluding carboxylic acids is 1. The molecule has 2 aromatic heterocycles. The average Bonchev–Trinajstić information content (AvgIpc) is 2.83. The molecule has 1 fully saturated rings. The normalized spacial score (nSPS) is 16.2. The summed E-state index contributed by atoms with van der Waals surface area (Å²) in [6, 6.07) is 13.5. The molecule has 8 nitrogen and oxygen atoms in total. The lowest BCUT2D eigenvalue weighted by molar-refractivity contribution is -0.139. The number of hydrogen-bond donors (Lipinski definition) is 1. The van der Waals surface area contributed by atoms with Crippen LogP contribution in [0.15, 0.2) is 54.9 Å². The SMILES string of the molecule is COc1ccc(CCC(=O)N2CCOC(c3cccc(-c4cnc(N)nc4)n3)C2)cc1. The van der Waals surface area contributed by atoms with Crippen molar-refractivity contribution in [2.45, 2.75) is 18.9 Å². The zero-order chi connectivity index (χ0) is 21.6. The van der Waals surface area contributed by atoms with Crippen molar-refractivity contribution in [1.29, 1.82) is 0 Å². The van der Waals surface area contributed by atoms with E-state index in [1.54, 1.807) is 19.5 Å². The molecule has 3 heterocycles. The topological polar surface area (TPSA) is 103 Å². The van der Waals surface area contributed by atoms with Gasteiger partial charge in [0.25, 0.3) is 0 Å². The van der Waals surface area contributed by atoms with Crippen molar-refractivity contribution in [3.05, 3.63) is 66.1 Å². The lowest BCUT2D eigenvalue weighted by Gasteiger charge is -2.33. The van der Waals surface area contributed by atoms with Gasteiger partial charge in [0.15, 0.2) is 0 Å². The molecule has 4 rings (SSSR count). The number of nitrogens with two attached hydrogens (primary N) is 1. The van der Waals surface area contributed by atoms with E-state index in [0.29, 0.717) is 32.5 Å². The summed E-state index contributed by atoms with van der Waals surface area (Å²) < 4.78 is 11.1. The molecule has 31 heavy (non-hydrogen) atoms. The van der Waals surface area contributed by atoms with Crippen LogP contribution in [0.1, 0.15) is 23.8 Å². The summed E-state index contributed by atoms with van der Waals surface area (Å²) >= 11 is 0. The summed E-state index contributed by atoms with van der Waals surface area (Å²) in [7, 11) is 1.64. The molecular formula is C23H25N5O3. The van der Waals surface area contributed by atoms with Crippen molar-refractivity contribution in [3.63, 3.8) is 0 Å². The Kier molecular flexibility index (Phi) is 6.37. The number of methoxy groups -OCH3 is 1. The Balaban J connectivity index is 1.39. The minimum atomic E-state index is -0.270. The fraction of sp³-hybridized carbons (Fsp3) is 0.304. The number of carbonyl (C=O) groups is 1. The van der Waals surface area contributed by atoms with E-state index in [9.17, 15) is 4.79 Å². The Hall–Kier alpha value is -3.52. The Morgan fingerprint density at radius 1 is 1.19 bits per heavy atom. The Morgan fingerprint density at radius 3 is 2.71 bits per heavy atom. The van der Waals surface area contributed by atoms with Crippen molar-refractivity contribution < 1.29 is 14.3 Å². The lowest BCUT2D eigenvalue weighted by Crippen LogP contribution is -2.42. The molecule has 1 unspecified atom stereocenters. The summed E-state index contributed by atoms with van der Waals surface area (Å²) in [5.74, 6) is 1.15. The van der Waals surface area contributed by atoms with Crippen LogP contribution in [0, 0.1) is 0 Å². The fourth-order valence-electron chi connectivity index (χ4n) is 3.52. The van der Waals surface area contributed by atoms with E-state index in [-0.39, 0.29) is 18.0 Å². The Labute approximate surface area is 181 Å². The zero-order valence-corrected chi connectivity index (χ0v) is 17.4. The third-order valence-electron chi connectivity index (χ3n) is 5.27. The molecular weight excluding hydrogens is 394 g/mol. The molecule has 0 saturated carbocycles. The first-order chi connectivity index (χ1) is 15.1. The Morgan fingerprint density at radius 2 is 1.97 bits per heavy atom. The van der Waals surface area contributed by atoms with Crippen LogP contribution in [0.3, 0.4) is 0 Å². The smallest absolute Gasteiger partial charge is 0.223 e. The van der Waals surface area contributed by atoms with Crippen LogP contribution in [0.5, 0.6) is 5.75 Å². The monoisotopic (exact) mass is 419 g/mol. The molecule has 1 saturated heterocycles. The molecule has 3 aromatic rings. The van der Waals surface area contributed by atoms with E-state index >= 15 is 0 Å². The number of aryl methyl sites for hydroxylation is 1. The summed E-state index contributed by atoms with van der Waals surface area (Å²) in [5.41, 5.74) is 8.97. The van der Waals surface area contributed by atoms with Crippen LogP contribution in [0.2, 0.25) is 0 Å². The summed E-state index contributed by atoms with van der Waals surface area (Å²) in [6.07, 6.45) is 4.16. The van der Waals surface area contributed by atoms with Gasteiger partial charge in [-0.05, 0) is 36.2 Å². The van der Waals surface area contributed by atoms with Gasteiger partial charge in [-0.1, -0.05) is 18.2 Å². The first-order valence-corrected chi connectivity index (χ1v) is 10.2. The maximum absolute atomic E-state index is 12.8. The van der Waals surface area contributed by atoms with Crippen molar-refractivity contribution in [2.75, 3.05) is 32.5 Å². The van der Waals surface area contributed by atoms with Crippen molar-refractivity contribution in [1.82, 2.24) is 19.9 Å².